The maximum Gasteiger partial charge on any atom is 0.246 e. The molecule has 7 nitrogen and oxygen atoms in total. The minimum absolute atomic E-state index is 0.159. The summed E-state index contributed by atoms with van der Waals surface area (Å²) in [4.78, 5) is 26.0. The Morgan fingerprint density at radius 3 is 2.56 bits per heavy atom. The summed E-state index contributed by atoms with van der Waals surface area (Å²) in [6.07, 6.45) is 1.51. The van der Waals surface area contributed by atoms with Gasteiger partial charge in [0.25, 0.3) is 0 Å². The van der Waals surface area contributed by atoms with Crippen LogP contribution in [0.3, 0.4) is 0 Å². The average molecular weight is 367 g/mol. The van der Waals surface area contributed by atoms with E-state index >= 15 is 0 Å². The van der Waals surface area contributed by atoms with Crippen molar-refractivity contribution in [2.45, 2.75) is 25.8 Å². The van der Waals surface area contributed by atoms with E-state index in [9.17, 15) is 9.59 Å². The number of anilines is 3. The second-order valence-electron chi connectivity index (χ2n) is 6.62. The minimum atomic E-state index is -0.435. The quantitative estimate of drug-likeness (QED) is 0.849. The Kier molecular flexibility index (Phi) is 4.58. The lowest BCUT2D eigenvalue weighted by atomic mass is 10.2. The van der Waals surface area contributed by atoms with E-state index in [0.717, 1.165) is 24.3 Å². The van der Waals surface area contributed by atoms with E-state index in [2.05, 4.69) is 10.6 Å². The molecule has 0 saturated carbocycles. The summed E-state index contributed by atoms with van der Waals surface area (Å²) in [7, 11) is 0. The molecule has 0 spiro atoms. The van der Waals surface area contributed by atoms with Crippen molar-refractivity contribution in [1.29, 1.82) is 0 Å². The van der Waals surface area contributed by atoms with Crippen LogP contribution < -0.4 is 25.0 Å². The summed E-state index contributed by atoms with van der Waals surface area (Å²) in [6, 6.07) is 12.4. The standard InChI is InChI=1S/C20H21N3O4/c1-13(20(25)22-15-6-9-17-18(11-15)27-12-26-17)21-14-4-7-16(8-5-14)23-10-2-3-19(23)24/h4-9,11,13,21H,2-3,10,12H2,1H3,(H,22,25)/t13-/m1/s1. The molecule has 7 heteroatoms. The molecular weight excluding hydrogens is 346 g/mol. The van der Waals surface area contributed by atoms with E-state index in [0.29, 0.717) is 23.6 Å². The van der Waals surface area contributed by atoms with Crippen LogP contribution in [0, 0.1) is 0 Å². The molecule has 0 aliphatic carbocycles. The average Bonchev–Trinajstić information content (AvgIpc) is 3.30. The van der Waals surface area contributed by atoms with Gasteiger partial charge in [-0.2, -0.15) is 0 Å². The first kappa shape index (κ1) is 17.2. The van der Waals surface area contributed by atoms with E-state index in [1.54, 1.807) is 30.0 Å². The zero-order valence-corrected chi connectivity index (χ0v) is 15.0. The predicted octanol–water partition coefficient (Wildman–Crippen LogP) is 2.98. The van der Waals surface area contributed by atoms with Gasteiger partial charge in [0.1, 0.15) is 6.04 Å². The number of rotatable bonds is 5. The van der Waals surface area contributed by atoms with Crippen LogP contribution in [0.15, 0.2) is 42.5 Å². The Hall–Kier alpha value is -3.22. The second kappa shape index (κ2) is 7.19. The minimum Gasteiger partial charge on any atom is -0.454 e. The third-order valence-electron chi connectivity index (χ3n) is 4.67. The van der Waals surface area contributed by atoms with Crippen LogP contribution in [0.4, 0.5) is 17.1 Å². The number of hydrogen-bond acceptors (Lipinski definition) is 5. The van der Waals surface area contributed by atoms with Crippen molar-refractivity contribution >= 4 is 28.9 Å². The molecule has 2 amide bonds. The third-order valence-corrected chi connectivity index (χ3v) is 4.67. The first-order chi connectivity index (χ1) is 13.1. The Morgan fingerprint density at radius 2 is 1.81 bits per heavy atom. The Labute approximate surface area is 157 Å². The summed E-state index contributed by atoms with van der Waals surface area (Å²) >= 11 is 0. The normalized spacial score (nSPS) is 16.3. The maximum absolute atomic E-state index is 12.4. The van der Waals surface area contributed by atoms with E-state index in [1.807, 2.05) is 24.3 Å². The molecule has 2 N–H and O–H groups in total. The fourth-order valence-corrected chi connectivity index (χ4v) is 3.20. The summed E-state index contributed by atoms with van der Waals surface area (Å²) < 4.78 is 10.6. The number of carbonyl (C=O) groups excluding carboxylic acids is 2. The number of ether oxygens (including phenoxy) is 2. The van der Waals surface area contributed by atoms with Gasteiger partial charge in [0.2, 0.25) is 18.6 Å². The lowest BCUT2D eigenvalue weighted by Gasteiger charge is -2.18. The number of amides is 2. The number of fused-ring (bicyclic) bond motifs is 1. The van der Waals surface area contributed by atoms with Gasteiger partial charge >= 0.3 is 0 Å². The molecule has 0 radical (unpaired) electrons. The zero-order valence-electron chi connectivity index (χ0n) is 15.0. The van der Waals surface area contributed by atoms with E-state index < -0.39 is 6.04 Å². The SMILES string of the molecule is C[C@@H](Nc1ccc(N2CCCC2=O)cc1)C(=O)Nc1ccc2c(c1)OCO2. The molecule has 4 rings (SSSR count). The Bertz CT molecular complexity index is 866. The highest BCUT2D eigenvalue weighted by Crippen LogP contribution is 2.34. The van der Waals surface area contributed by atoms with Crippen molar-refractivity contribution in [3.8, 4) is 11.5 Å². The highest BCUT2D eigenvalue weighted by molar-refractivity contribution is 5.97. The van der Waals surface area contributed by atoms with Crippen molar-refractivity contribution in [1.82, 2.24) is 0 Å². The second-order valence-corrected chi connectivity index (χ2v) is 6.62. The van der Waals surface area contributed by atoms with Gasteiger partial charge in [-0.3, -0.25) is 9.59 Å². The number of nitrogens with one attached hydrogen (secondary N) is 2. The van der Waals surface area contributed by atoms with Crippen LogP contribution >= 0.6 is 0 Å². The number of hydrogen-bond donors (Lipinski definition) is 2. The van der Waals surface area contributed by atoms with E-state index in [1.165, 1.54) is 0 Å². The molecule has 2 aliphatic rings. The number of benzene rings is 2. The molecule has 1 atom stereocenters. The molecule has 140 valence electrons. The molecule has 0 aromatic heterocycles. The van der Waals surface area contributed by atoms with Crippen LogP contribution in [0.5, 0.6) is 11.5 Å². The van der Waals surface area contributed by atoms with Crippen LogP contribution in [0.1, 0.15) is 19.8 Å². The molecule has 1 fully saturated rings. The Balaban J connectivity index is 1.36. The van der Waals surface area contributed by atoms with Crippen LogP contribution in [-0.4, -0.2) is 31.2 Å². The Morgan fingerprint density at radius 1 is 1.07 bits per heavy atom. The van der Waals surface area contributed by atoms with Crippen LogP contribution in [0.2, 0.25) is 0 Å². The van der Waals surface area contributed by atoms with Gasteiger partial charge in [-0.15, -0.1) is 0 Å². The van der Waals surface area contributed by atoms with Gasteiger partial charge in [0, 0.05) is 36.1 Å². The first-order valence-electron chi connectivity index (χ1n) is 8.97. The molecule has 2 aromatic rings. The zero-order chi connectivity index (χ0) is 18.8. The molecule has 27 heavy (non-hydrogen) atoms. The van der Waals surface area contributed by atoms with E-state index in [4.69, 9.17) is 9.47 Å². The predicted molar refractivity (Wildman–Crippen MR) is 102 cm³/mol. The van der Waals surface area contributed by atoms with Crippen molar-refractivity contribution in [3.63, 3.8) is 0 Å². The molecular formula is C20H21N3O4. The van der Waals surface area contributed by atoms with Crippen LogP contribution in [0.25, 0.3) is 0 Å². The van der Waals surface area contributed by atoms with Gasteiger partial charge in [-0.1, -0.05) is 0 Å². The highest BCUT2D eigenvalue weighted by Gasteiger charge is 2.21. The largest absolute Gasteiger partial charge is 0.454 e. The molecule has 2 heterocycles. The van der Waals surface area contributed by atoms with Gasteiger partial charge in [-0.25, -0.2) is 0 Å². The van der Waals surface area contributed by atoms with Gasteiger partial charge in [-0.05, 0) is 49.7 Å². The van der Waals surface area contributed by atoms with Crippen molar-refractivity contribution in [2.75, 3.05) is 28.9 Å². The summed E-state index contributed by atoms with van der Waals surface area (Å²) in [5, 5.41) is 6.04. The van der Waals surface area contributed by atoms with Gasteiger partial charge in [0.15, 0.2) is 11.5 Å². The number of carbonyl (C=O) groups is 2. The molecule has 0 bridgehead atoms. The van der Waals surface area contributed by atoms with Crippen molar-refractivity contribution in [2.24, 2.45) is 0 Å². The summed E-state index contributed by atoms with van der Waals surface area (Å²) in [5.41, 5.74) is 2.36. The topological polar surface area (TPSA) is 79.9 Å². The number of nitrogens with zero attached hydrogens (tertiary/aromatic N) is 1. The molecule has 1 saturated heterocycles. The summed E-state index contributed by atoms with van der Waals surface area (Å²) in [6.45, 7) is 2.75. The van der Waals surface area contributed by atoms with Crippen molar-refractivity contribution in [3.05, 3.63) is 42.5 Å². The smallest absolute Gasteiger partial charge is 0.246 e. The molecule has 2 aliphatic heterocycles. The van der Waals surface area contributed by atoms with Gasteiger partial charge < -0.3 is 25.0 Å². The fourth-order valence-electron chi connectivity index (χ4n) is 3.20. The highest BCUT2D eigenvalue weighted by atomic mass is 16.7. The first-order valence-corrected chi connectivity index (χ1v) is 8.97. The van der Waals surface area contributed by atoms with Gasteiger partial charge in [0.05, 0.1) is 0 Å². The summed E-state index contributed by atoms with van der Waals surface area (Å²) in [5.74, 6) is 1.30. The molecule has 2 aromatic carbocycles. The van der Waals surface area contributed by atoms with Crippen molar-refractivity contribution < 1.29 is 19.1 Å². The lowest BCUT2D eigenvalue weighted by Crippen LogP contribution is -2.31. The van der Waals surface area contributed by atoms with E-state index in [-0.39, 0.29) is 18.6 Å². The third kappa shape index (κ3) is 3.67. The van der Waals surface area contributed by atoms with Crippen LogP contribution in [-0.2, 0) is 9.59 Å². The maximum atomic E-state index is 12.4. The molecule has 0 unspecified atom stereocenters. The fraction of sp³-hybridized carbons (Fsp3) is 0.300. The monoisotopic (exact) mass is 367 g/mol. The lowest BCUT2D eigenvalue weighted by molar-refractivity contribution is -0.117.